The van der Waals surface area contributed by atoms with Gasteiger partial charge in [-0.3, -0.25) is 0 Å². The molecule has 23 heavy (non-hydrogen) atoms. The van der Waals surface area contributed by atoms with Gasteiger partial charge in [0.05, 0.1) is 0 Å². The topological polar surface area (TPSA) is 50.4 Å². The quantitative estimate of drug-likeness (QED) is 0.841. The van der Waals surface area contributed by atoms with Crippen molar-refractivity contribution < 1.29 is 13.9 Å². The lowest BCUT2D eigenvalue weighted by molar-refractivity contribution is 0.0519. The molecule has 1 aliphatic carbocycles. The standard InChI is InChI=1S/C17H24ClFN2O2/c1-17(2,3)23-16(22)20-10-11-5-4-6-15(11)21-14-8-12(18)7-13(19)9-14/h7-9,11,15,21H,4-6,10H2,1-3H3,(H,20,22). The smallest absolute Gasteiger partial charge is 0.407 e. The number of hydrogen-bond acceptors (Lipinski definition) is 3. The van der Waals surface area contributed by atoms with Crippen LogP contribution in [0.2, 0.25) is 5.02 Å². The second kappa shape index (κ2) is 7.39. The molecule has 4 nitrogen and oxygen atoms in total. The Labute approximate surface area is 141 Å². The summed E-state index contributed by atoms with van der Waals surface area (Å²) in [6.45, 7) is 6.04. The third kappa shape index (κ3) is 5.90. The number of alkyl carbamates (subject to hydrolysis) is 1. The van der Waals surface area contributed by atoms with Crippen LogP contribution in [0.4, 0.5) is 14.9 Å². The number of nitrogens with one attached hydrogen (secondary N) is 2. The number of rotatable bonds is 4. The molecule has 1 fully saturated rings. The number of ether oxygens (including phenoxy) is 1. The Bertz CT molecular complexity index is 540. The number of amides is 1. The van der Waals surface area contributed by atoms with Crippen LogP contribution in [-0.4, -0.2) is 24.3 Å². The van der Waals surface area contributed by atoms with Gasteiger partial charge in [0.25, 0.3) is 0 Å². The predicted molar refractivity (Wildman–Crippen MR) is 90.4 cm³/mol. The SMILES string of the molecule is CC(C)(C)OC(=O)NCC1CCCC1Nc1cc(F)cc(Cl)c1. The fourth-order valence-electron chi connectivity index (χ4n) is 2.85. The van der Waals surface area contributed by atoms with E-state index in [1.807, 2.05) is 20.8 Å². The van der Waals surface area contributed by atoms with Crippen molar-refractivity contribution in [1.29, 1.82) is 0 Å². The number of anilines is 1. The second-order valence-corrected chi connectivity index (χ2v) is 7.42. The zero-order valence-corrected chi connectivity index (χ0v) is 14.5. The molecule has 1 aromatic carbocycles. The van der Waals surface area contributed by atoms with E-state index in [4.69, 9.17) is 16.3 Å². The molecule has 2 N–H and O–H groups in total. The Hall–Kier alpha value is -1.49. The molecule has 2 unspecified atom stereocenters. The first kappa shape index (κ1) is 17.9. The van der Waals surface area contributed by atoms with Gasteiger partial charge in [0.15, 0.2) is 0 Å². The van der Waals surface area contributed by atoms with E-state index in [1.165, 1.54) is 12.1 Å². The molecule has 1 amide bonds. The van der Waals surface area contributed by atoms with Crippen LogP contribution >= 0.6 is 11.6 Å². The van der Waals surface area contributed by atoms with E-state index in [0.717, 1.165) is 19.3 Å². The van der Waals surface area contributed by atoms with Crippen LogP contribution in [0.15, 0.2) is 18.2 Å². The largest absolute Gasteiger partial charge is 0.444 e. The number of carbonyl (C=O) groups excluding carboxylic acids is 1. The van der Waals surface area contributed by atoms with E-state index in [0.29, 0.717) is 17.3 Å². The minimum atomic E-state index is -0.504. The van der Waals surface area contributed by atoms with Gasteiger partial charge in [0, 0.05) is 23.3 Å². The van der Waals surface area contributed by atoms with Crippen molar-refractivity contribution in [3.05, 3.63) is 29.0 Å². The summed E-state index contributed by atoms with van der Waals surface area (Å²) in [4.78, 5) is 11.7. The summed E-state index contributed by atoms with van der Waals surface area (Å²) < 4.78 is 18.7. The maximum absolute atomic E-state index is 13.4. The third-order valence-corrected chi connectivity index (χ3v) is 4.00. The van der Waals surface area contributed by atoms with Crippen LogP contribution in [0.1, 0.15) is 40.0 Å². The van der Waals surface area contributed by atoms with Gasteiger partial charge in [-0.15, -0.1) is 0 Å². The van der Waals surface area contributed by atoms with Crippen molar-refractivity contribution in [2.45, 2.75) is 51.7 Å². The first-order valence-corrected chi connectivity index (χ1v) is 8.30. The Balaban J connectivity index is 1.89. The van der Waals surface area contributed by atoms with Crippen molar-refractivity contribution in [2.75, 3.05) is 11.9 Å². The maximum atomic E-state index is 13.4. The van der Waals surface area contributed by atoms with Crippen molar-refractivity contribution in [3.63, 3.8) is 0 Å². The van der Waals surface area contributed by atoms with Gasteiger partial charge in [-0.2, -0.15) is 0 Å². The normalized spacial score (nSPS) is 21.1. The monoisotopic (exact) mass is 342 g/mol. The summed E-state index contributed by atoms with van der Waals surface area (Å²) >= 11 is 5.88. The predicted octanol–water partition coefficient (Wildman–Crippen LogP) is 4.58. The minimum Gasteiger partial charge on any atom is -0.444 e. The average molecular weight is 343 g/mol. The van der Waals surface area contributed by atoms with E-state index >= 15 is 0 Å². The van der Waals surface area contributed by atoms with E-state index < -0.39 is 11.7 Å². The Morgan fingerprint density at radius 2 is 2.09 bits per heavy atom. The molecule has 0 heterocycles. The highest BCUT2D eigenvalue weighted by Crippen LogP contribution is 2.29. The zero-order chi connectivity index (χ0) is 17.0. The number of benzene rings is 1. The molecule has 2 atom stereocenters. The number of carbonyl (C=O) groups is 1. The summed E-state index contributed by atoms with van der Waals surface area (Å²) in [5.74, 6) is -0.0778. The van der Waals surface area contributed by atoms with Crippen LogP contribution < -0.4 is 10.6 Å². The van der Waals surface area contributed by atoms with Gasteiger partial charge >= 0.3 is 6.09 Å². The highest BCUT2D eigenvalue weighted by molar-refractivity contribution is 6.30. The molecule has 0 bridgehead atoms. The molecular weight excluding hydrogens is 319 g/mol. The molecule has 1 aromatic rings. The Kier molecular flexibility index (Phi) is 5.74. The van der Waals surface area contributed by atoms with Crippen molar-refractivity contribution >= 4 is 23.4 Å². The van der Waals surface area contributed by atoms with Crippen LogP contribution in [0.3, 0.4) is 0 Å². The molecule has 1 aliphatic rings. The van der Waals surface area contributed by atoms with Gasteiger partial charge in [0.1, 0.15) is 11.4 Å². The van der Waals surface area contributed by atoms with Gasteiger partial charge in [-0.1, -0.05) is 18.0 Å². The zero-order valence-electron chi connectivity index (χ0n) is 13.8. The van der Waals surface area contributed by atoms with Gasteiger partial charge in [-0.05, 0) is 57.7 Å². The molecule has 0 radical (unpaired) electrons. The summed E-state index contributed by atoms with van der Waals surface area (Å²) in [7, 11) is 0. The minimum absolute atomic E-state index is 0.183. The van der Waals surface area contributed by atoms with E-state index in [-0.39, 0.29) is 17.8 Å². The highest BCUT2D eigenvalue weighted by Gasteiger charge is 2.28. The molecule has 128 valence electrons. The highest BCUT2D eigenvalue weighted by atomic mass is 35.5. The fourth-order valence-corrected chi connectivity index (χ4v) is 3.07. The van der Waals surface area contributed by atoms with E-state index in [2.05, 4.69) is 10.6 Å². The van der Waals surface area contributed by atoms with Crippen molar-refractivity contribution in [3.8, 4) is 0 Å². The van der Waals surface area contributed by atoms with E-state index in [1.54, 1.807) is 6.07 Å². The molecular formula is C17H24ClFN2O2. The molecule has 1 saturated carbocycles. The lowest BCUT2D eigenvalue weighted by Gasteiger charge is -2.24. The average Bonchev–Trinajstić information content (AvgIpc) is 2.80. The van der Waals surface area contributed by atoms with Gasteiger partial charge in [-0.25, -0.2) is 9.18 Å². The number of halogens is 2. The number of hydrogen-bond donors (Lipinski definition) is 2. The summed E-state index contributed by atoms with van der Waals surface area (Å²) in [5.41, 5.74) is 0.166. The molecule has 0 aliphatic heterocycles. The molecule has 2 rings (SSSR count). The summed E-state index contributed by atoms with van der Waals surface area (Å²) in [6, 6.07) is 4.61. The first-order chi connectivity index (χ1) is 10.7. The first-order valence-electron chi connectivity index (χ1n) is 7.92. The molecule has 0 spiro atoms. The fraction of sp³-hybridized carbons (Fsp3) is 0.588. The Morgan fingerprint density at radius 1 is 1.35 bits per heavy atom. The lowest BCUT2D eigenvalue weighted by atomic mass is 10.0. The summed E-state index contributed by atoms with van der Waals surface area (Å²) in [5, 5.41) is 6.52. The van der Waals surface area contributed by atoms with E-state index in [9.17, 15) is 9.18 Å². The summed E-state index contributed by atoms with van der Waals surface area (Å²) in [6.07, 6.45) is 2.66. The third-order valence-electron chi connectivity index (χ3n) is 3.78. The van der Waals surface area contributed by atoms with Crippen LogP contribution in [-0.2, 0) is 4.74 Å². The second-order valence-electron chi connectivity index (χ2n) is 6.98. The van der Waals surface area contributed by atoms with Gasteiger partial charge < -0.3 is 15.4 Å². The maximum Gasteiger partial charge on any atom is 0.407 e. The van der Waals surface area contributed by atoms with Crippen LogP contribution in [0.25, 0.3) is 0 Å². The lowest BCUT2D eigenvalue weighted by Crippen LogP contribution is -2.38. The van der Waals surface area contributed by atoms with Crippen LogP contribution in [0.5, 0.6) is 0 Å². The van der Waals surface area contributed by atoms with Gasteiger partial charge in [0.2, 0.25) is 0 Å². The molecule has 0 saturated heterocycles. The molecule has 6 heteroatoms. The molecule has 0 aromatic heterocycles. The van der Waals surface area contributed by atoms with Crippen LogP contribution in [0, 0.1) is 11.7 Å². The van der Waals surface area contributed by atoms with Crippen molar-refractivity contribution in [2.24, 2.45) is 5.92 Å². The van der Waals surface area contributed by atoms with Crippen molar-refractivity contribution in [1.82, 2.24) is 5.32 Å². The Morgan fingerprint density at radius 3 is 2.74 bits per heavy atom.